The van der Waals surface area contributed by atoms with Crippen molar-refractivity contribution in [2.45, 2.75) is 32.7 Å². The summed E-state index contributed by atoms with van der Waals surface area (Å²) < 4.78 is 13.2. The molecule has 2 fully saturated rings. The van der Waals surface area contributed by atoms with Crippen molar-refractivity contribution in [3.05, 3.63) is 71.5 Å². The molecule has 2 aliphatic rings. The number of hydrogen-bond donors (Lipinski definition) is 0. The minimum Gasteiger partial charge on any atom is -0.355 e. The standard InChI is InChI=1S/C25H26FN3O/c1-18-15-23(27-22-6-3-2-5-21(18)22)29-14-12-25(17-29)11-4-13-28(24(25)30)16-19-7-9-20(26)10-8-19/h2-3,5-10,15H,4,11-14,16-17H2,1H3/t25-/m1/s1. The molecule has 2 aliphatic heterocycles. The van der Waals surface area contributed by atoms with Crippen LogP contribution in [-0.4, -0.2) is 35.4 Å². The number of hydrogen-bond acceptors (Lipinski definition) is 3. The van der Waals surface area contributed by atoms with Crippen molar-refractivity contribution in [1.82, 2.24) is 9.88 Å². The van der Waals surface area contributed by atoms with E-state index in [0.29, 0.717) is 6.54 Å². The number of rotatable bonds is 3. The summed E-state index contributed by atoms with van der Waals surface area (Å²) in [5.74, 6) is 0.953. The lowest BCUT2D eigenvalue weighted by Crippen LogP contribution is -2.49. The molecule has 1 spiro atoms. The molecule has 4 nitrogen and oxygen atoms in total. The Morgan fingerprint density at radius 3 is 2.70 bits per heavy atom. The molecule has 5 heteroatoms. The van der Waals surface area contributed by atoms with Crippen molar-refractivity contribution in [2.75, 3.05) is 24.5 Å². The van der Waals surface area contributed by atoms with Gasteiger partial charge in [0.05, 0.1) is 10.9 Å². The Kier molecular flexibility index (Phi) is 4.69. The average Bonchev–Trinajstić information content (AvgIpc) is 3.18. The summed E-state index contributed by atoms with van der Waals surface area (Å²) >= 11 is 0. The number of halogens is 1. The molecule has 2 saturated heterocycles. The van der Waals surface area contributed by atoms with Crippen LogP contribution >= 0.6 is 0 Å². The van der Waals surface area contributed by atoms with Crippen LogP contribution in [-0.2, 0) is 11.3 Å². The van der Waals surface area contributed by atoms with Gasteiger partial charge in [0.2, 0.25) is 5.91 Å². The van der Waals surface area contributed by atoms with Crippen molar-refractivity contribution >= 4 is 22.6 Å². The first-order chi connectivity index (χ1) is 14.5. The normalized spacial score (nSPS) is 21.7. The van der Waals surface area contributed by atoms with Crippen LogP contribution < -0.4 is 4.90 Å². The summed E-state index contributed by atoms with van der Waals surface area (Å²) in [5.41, 5.74) is 2.86. The van der Waals surface area contributed by atoms with Gasteiger partial charge in [0.1, 0.15) is 11.6 Å². The molecule has 3 heterocycles. The third-order valence-corrected chi connectivity index (χ3v) is 6.70. The van der Waals surface area contributed by atoms with Gasteiger partial charge in [-0.05, 0) is 61.6 Å². The number of piperidine rings is 1. The molecule has 0 radical (unpaired) electrons. The molecule has 0 N–H and O–H groups in total. The van der Waals surface area contributed by atoms with Crippen molar-refractivity contribution in [1.29, 1.82) is 0 Å². The van der Waals surface area contributed by atoms with Gasteiger partial charge in [-0.1, -0.05) is 30.3 Å². The van der Waals surface area contributed by atoms with E-state index >= 15 is 0 Å². The molecule has 5 rings (SSSR count). The lowest BCUT2D eigenvalue weighted by atomic mass is 9.78. The number of pyridine rings is 1. The van der Waals surface area contributed by atoms with Crippen molar-refractivity contribution in [3.8, 4) is 0 Å². The van der Waals surface area contributed by atoms with E-state index in [0.717, 1.165) is 55.8 Å². The minimum atomic E-state index is -0.334. The highest BCUT2D eigenvalue weighted by Gasteiger charge is 2.48. The van der Waals surface area contributed by atoms with Gasteiger partial charge in [0.15, 0.2) is 0 Å². The van der Waals surface area contributed by atoms with Crippen LogP contribution in [0.4, 0.5) is 10.2 Å². The lowest BCUT2D eigenvalue weighted by molar-refractivity contribution is -0.145. The van der Waals surface area contributed by atoms with E-state index in [1.807, 2.05) is 23.1 Å². The molecule has 1 atom stereocenters. The van der Waals surface area contributed by atoms with Crippen LogP contribution in [0, 0.1) is 18.2 Å². The van der Waals surface area contributed by atoms with Gasteiger partial charge in [0, 0.05) is 31.6 Å². The van der Waals surface area contributed by atoms with E-state index in [9.17, 15) is 9.18 Å². The summed E-state index contributed by atoms with van der Waals surface area (Å²) in [6.07, 6.45) is 2.79. The lowest BCUT2D eigenvalue weighted by Gasteiger charge is -2.39. The number of aromatic nitrogens is 1. The maximum atomic E-state index is 13.5. The first-order valence-corrected chi connectivity index (χ1v) is 10.7. The summed E-state index contributed by atoms with van der Waals surface area (Å²) in [6, 6.07) is 16.8. The van der Waals surface area contributed by atoms with Crippen molar-refractivity contribution < 1.29 is 9.18 Å². The zero-order valence-electron chi connectivity index (χ0n) is 17.3. The number of carbonyl (C=O) groups excluding carboxylic acids is 1. The van der Waals surface area contributed by atoms with Crippen LogP contribution in [0.1, 0.15) is 30.4 Å². The summed E-state index contributed by atoms with van der Waals surface area (Å²) in [4.78, 5) is 22.6. The quantitative estimate of drug-likeness (QED) is 0.636. The number of benzene rings is 2. The Morgan fingerprint density at radius 2 is 1.87 bits per heavy atom. The Hall–Kier alpha value is -2.95. The van der Waals surface area contributed by atoms with Gasteiger partial charge in [-0.3, -0.25) is 4.79 Å². The molecule has 0 saturated carbocycles. The van der Waals surface area contributed by atoms with Crippen LogP contribution in [0.15, 0.2) is 54.6 Å². The SMILES string of the molecule is Cc1cc(N2CC[C@]3(CCCN(Cc4ccc(F)cc4)C3=O)C2)nc2ccccc12. The predicted molar refractivity (Wildman–Crippen MR) is 117 cm³/mol. The maximum absolute atomic E-state index is 13.5. The summed E-state index contributed by atoms with van der Waals surface area (Å²) in [5, 5.41) is 1.18. The molecule has 30 heavy (non-hydrogen) atoms. The van der Waals surface area contributed by atoms with Gasteiger partial charge in [-0.2, -0.15) is 0 Å². The monoisotopic (exact) mass is 403 g/mol. The molecule has 0 bridgehead atoms. The highest BCUT2D eigenvalue weighted by atomic mass is 19.1. The van der Waals surface area contributed by atoms with E-state index in [1.165, 1.54) is 23.1 Å². The largest absolute Gasteiger partial charge is 0.355 e. The molecular weight excluding hydrogens is 377 g/mol. The van der Waals surface area contributed by atoms with E-state index in [4.69, 9.17) is 4.98 Å². The van der Waals surface area contributed by atoms with Crippen LogP contribution in [0.3, 0.4) is 0 Å². The fraction of sp³-hybridized carbons (Fsp3) is 0.360. The second-order valence-corrected chi connectivity index (χ2v) is 8.72. The topological polar surface area (TPSA) is 36.4 Å². The summed E-state index contributed by atoms with van der Waals surface area (Å²) in [6.45, 7) is 5.01. The number of carbonyl (C=O) groups is 1. The third-order valence-electron chi connectivity index (χ3n) is 6.70. The fourth-order valence-corrected chi connectivity index (χ4v) is 5.05. The average molecular weight is 404 g/mol. The van der Waals surface area contributed by atoms with E-state index in [1.54, 1.807) is 12.1 Å². The van der Waals surface area contributed by atoms with Crippen LogP contribution in [0.2, 0.25) is 0 Å². The van der Waals surface area contributed by atoms with Crippen LogP contribution in [0.25, 0.3) is 10.9 Å². The first-order valence-electron chi connectivity index (χ1n) is 10.7. The highest BCUT2D eigenvalue weighted by molar-refractivity contribution is 5.86. The number of fused-ring (bicyclic) bond motifs is 1. The van der Waals surface area contributed by atoms with Crippen molar-refractivity contribution in [2.24, 2.45) is 5.41 Å². The minimum absolute atomic E-state index is 0.234. The molecular formula is C25H26FN3O. The highest BCUT2D eigenvalue weighted by Crippen LogP contribution is 2.42. The fourth-order valence-electron chi connectivity index (χ4n) is 5.05. The molecule has 0 unspecified atom stereocenters. The van der Waals surface area contributed by atoms with Crippen LogP contribution in [0.5, 0.6) is 0 Å². The third kappa shape index (κ3) is 3.32. The summed E-state index contributed by atoms with van der Waals surface area (Å²) in [7, 11) is 0. The zero-order valence-corrected chi connectivity index (χ0v) is 17.3. The second-order valence-electron chi connectivity index (χ2n) is 8.72. The Bertz CT molecular complexity index is 1100. The van der Waals surface area contributed by atoms with Gasteiger partial charge in [-0.15, -0.1) is 0 Å². The molecule has 1 aromatic heterocycles. The Balaban J connectivity index is 1.37. The van der Waals surface area contributed by atoms with E-state index in [2.05, 4.69) is 24.0 Å². The van der Waals surface area contributed by atoms with Gasteiger partial charge < -0.3 is 9.80 Å². The predicted octanol–water partition coefficient (Wildman–Crippen LogP) is 4.70. The Labute approximate surface area is 176 Å². The number of anilines is 1. The zero-order chi connectivity index (χ0) is 20.7. The Morgan fingerprint density at radius 1 is 1.07 bits per heavy atom. The maximum Gasteiger partial charge on any atom is 0.230 e. The van der Waals surface area contributed by atoms with E-state index < -0.39 is 0 Å². The molecule has 0 aliphatic carbocycles. The van der Waals surface area contributed by atoms with Gasteiger partial charge in [0.25, 0.3) is 0 Å². The molecule has 1 amide bonds. The number of aryl methyl sites for hydroxylation is 1. The number of nitrogens with zero attached hydrogens (tertiary/aromatic N) is 3. The molecule has 2 aromatic carbocycles. The second kappa shape index (κ2) is 7.38. The number of likely N-dealkylation sites (tertiary alicyclic amines) is 1. The van der Waals surface area contributed by atoms with Gasteiger partial charge >= 0.3 is 0 Å². The van der Waals surface area contributed by atoms with Gasteiger partial charge in [-0.25, -0.2) is 9.37 Å². The molecule has 3 aromatic rings. The smallest absolute Gasteiger partial charge is 0.230 e. The number of amides is 1. The van der Waals surface area contributed by atoms with E-state index in [-0.39, 0.29) is 17.1 Å². The first kappa shape index (κ1) is 19.0. The molecule has 154 valence electrons. The number of para-hydroxylation sites is 1. The van der Waals surface area contributed by atoms with Crippen molar-refractivity contribution in [3.63, 3.8) is 0 Å².